The lowest BCUT2D eigenvalue weighted by molar-refractivity contribution is 0.387. The van der Waals surface area contributed by atoms with E-state index in [9.17, 15) is 4.39 Å². The number of methoxy groups -OCH3 is 1. The molecule has 0 amide bonds. The molecule has 1 aromatic heterocycles. The molecule has 0 saturated carbocycles. The minimum atomic E-state index is -0.430. The first-order chi connectivity index (χ1) is 9.63. The van der Waals surface area contributed by atoms with Gasteiger partial charge in [0.25, 0.3) is 0 Å². The molecule has 1 aromatic carbocycles. The molecule has 0 aliphatic rings. The van der Waals surface area contributed by atoms with E-state index in [-0.39, 0.29) is 5.75 Å². The summed E-state index contributed by atoms with van der Waals surface area (Å²) >= 11 is 6.03. The summed E-state index contributed by atoms with van der Waals surface area (Å²) in [7, 11) is 1.41. The van der Waals surface area contributed by atoms with Gasteiger partial charge in [-0.25, -0.2) is 9.37 Å². The number of benzene rings is 1. The third-order valence-corrected chi connectivity index (χ3v) is 2.77. The van der Waals surface area contributed by atoms with Gasteiger partial charge in [0, 0.05) is 18.3 Å². The molecule has 0 saturated heterocycles. The Kier molecular flexibility index (Phi) is 4.57. The Balaban J connectivity index is 2.27. The number of ether oxygens (including phenoxy) is 1. The normalized spacial score (nSPS) is 10.2. The highest BCUT2D eigenvalue weighted by Crippen LogP contribution is 2.27. The third-order valence-electron chi connectivity index (χ3n) is 2.49. The summed E-state index contributed by atoms with van der Waals surface area (Å²) in [6.07, 6.45) is 1.50. The van der Waals surface area contributed by atoms with Gasteiger partial charge in [-0.3, -0.25) is 0 Å². The summed E-state index contributed by atoms with van der Waals surface area (Å²) in [6, 6.07) is 4.41. The Morgan fingerprint density at radius 1 is 1.40 bits per heavy atom. The highest BCUT2D eigenvalue weighted by Gasteiger charge is 2.08. The average Bonchev–Trinajstić information content (AvgIpc) is 2.45. The molecule has 5 nitrogen and oxygen atoms in total. The smallest absolute Gasteiger partial charge is 0.224 e. The van der Waals surface area contributed by atoms with Crippen LogP contribution in [-0.4, -0.2) is 23.6 Å². The number of hydrogen-bond acceptors (Lipinski definition) is 5. The van der Waals surface area contributed by atoms with Crippen molar-refractivity contribution in [2.24, 2.45) is 0 Å². The van der Waals surface area contributed by atoms with Crippen LogP contribution in [0, 0.1) is 5.82 Å². The van der Waals surface area contributed by atoms with E-state index in [0.29, 0.717) is 29.0 Å². The maximum atomic E-state index is 13.3. The average molecular weight is 297 g/mol. The van der Waals surface area contributed by atoms with E-state index in [4.69, 9.17) is 16.3 Å². The molecule has 0 unspecified atom stereocenters. The van der Waals surface area contributed by atoms with E-state index in [2.05, 4.69) is 20.6 Å². The monoisotopic (exact) mass is 296 g/mol. The van der Waals surface area contributed by atoms with Gasteiger partial charge in [0.15, 0.2) is 17.4 Å². The molecule has 2 aromatic rings. The van der Waals surface area contributed by atoms with Crippen LogP contribution in [-0.2, 0) is 0 Å². The lowest BCUT2D eigenvalue weighted by atomic mass is 10.3. The standard InChI is InChI=1S/C13H14ClFN4O/c1-3-16-13-17-7-9(14)12(19-13)18-8-4-5-10(15)11(6-8)20-2/h4-7H,3H2,1-2H3,(H2,16,17,18,19). The van der Waals surface area contributed by atoms with Crippen LogP contribution in [0.5, 0.6) is 5.75 Å². The first-order valence-corrected chi connectivity index (χ1v) is 6.38. The molecule has 7 heteroatoms. The van der Waals surface area contributed by atoms with Crippen molar-refractivity contribution in [1.29, 1.82) is 0 Å². The summed E-state index contributed by atoms with van der Waals surface area (Å²) in [4.78, 5) is 8.27. The molecule has 0 aliphatic heterocycles. The zero-order valence-electron chi connectivity index (χ0n) is 11.1. The molecular formula is C13H14ClFN4O. The van der Waals surface area contributed by atoms with Crippen molar-refractivity contribution < 1.29 is 9.13 Å². The molecule has 0 bridgehead atoms. The van der Waals surface area contributed by atoms with Gasteiger partial charge in [-0.05, 0) is 19.1 Å². The van der Waals surface area contributed by atoms with Gasteiger partial charge in [0.2, 0.25) is 5.95 Å². The number of nitrogens with zero attached hydrogens (tertiary/aromatic N) is 2. The number of hydrogen-bond donors (Lipinski definition) is 2. The summed E-state index contributed by atoms with van der Waals surface area (Å²) in [5.41, 5.74) is 0.617. The van der Waals surface area contributed by atoms with Crippen molar-refractivity contribution in [3.05, 3.63) is 35.2 Å². The lowest BCUT2D eigenvalue weighted by Gasteiger charge is -2.10. The van der Waals surface area contributed by atoms with Gasteiger partial charge in [-0.2, -0.15) is 4.98 Å². The first-order valence-electron chi connectivity index (χ1n) is 6.01. The van der Waals surface area contributed by atoms with Crippen molar-refractivity contribution in [3.8, 4) is 5.75 Å². The Morgan fingerprint density at radius 3 is 2.90 bits per heavy atom. The number of halogens is 2. The van der Waals surface area contributed by atoms with E-state index < -0.39 is 5.82 Å². The highest BCUT2D eigenvalue weighted by atomic mass is 35.5. The van der Waals surface area contributed by atoms with Crippen molar-refractivity contribution in [2.45, 2.75) is 6.92 Å². The maximum absolute atomic E-state index is 13.3. The van der Waals surface area contributed by atoms with Crippen LogP contribution in [0.2, 0.25) is 5.02 Å². The summed E-state index contributed by atoms with van der Waals surface area (Å²) in [5.74, 6) is 0.618. The SMILES string of the molecule is CCNc1ncc(Cl)c(Nc2ccc(F)c(OC)c2)n1. The molecule has 0 aliphatic carbocycles. The van der Waals surface area contributed by atoms with Crippen LogP contribution in [0.1, 0.15) is 6.92 Å². The van der Waals surface area contributed by atoms with Crippen molar-refractivity contribution >= 4 is 29.1 Å². The molecule has 0 radical (unpaired) electrons. The van der Waals surface area contributed by atoms with Crippen molar-refractivity contribution in [3.63, 3.8) is 0 Å². The van der Waals surface area contributed by atoms with Crippen LogP contribution in [0.4, 0.5) is 21.8 Å². The highest BCUT2D eigenvalue weighted by molar-refractivity contribution is 6.32. The molecular weight excluding hydrogens is 283 g/mol. The predicted octanol–water partition coefficient (Wildman–Crippen LogP) is 3.45. The van der Waals surface area contributed by atoms with Gasteiger partial charge >= 0.3 is 0 Å². The number of nitrogens with one attached hydrogen (secondary N) is 2. The Labute approximate surface area is 121 Å². The summed E-state index contributed by atoms with van der Waals surface area (Å²) < 4.78 is 18.3. The third kappa shape index (κ3) is 3.27. The predicted molar refractivity (Wildman–Crippen MR) is 77.4 cm³/mol. The maximum Gasteiger partial charge on any atom is 0.224 e. The molecule has 0 atom stereocenters. The molecule has 0 fully saturated rings. The van der Waals surface area contributed by atoms with Crippen LogP contribution < -0.4 is 15.4 Å². The first kappa shape index (κ1) is 14.3. The van der Waals surface area contributed by atoms with Crippen molar-refractivity contribution in [1.82, 2.24) is 9.97 Å². The van der Waals surface area contributed by atoms with Gasteiger partial charge in [-0.15, -0.1) is 0 Å². The second-order valence-corrected chi connectivity index (χ2v) is 4.30. The van der Waals surface area contributed by atoms with Gasteiger partial charge in [0.05, 0.1) is 13.3 Å². The van der Waals surface area contributed by atoms with E-state index in [0.717, 1.165) is 0 Å². The van der Waals surface area contributed by atoms with E-state index >= 15 is 0 Å². The minimum absolute atomic E-state index is 0.145. The van der Waals surface area contributed by atoms with E-state index in [1.807, 2.05) is 6.92 Å². The molecule has 2 rings (SSSR count). The molecule has 106 valence electrons. The zero-order chi connectivity index (χ0) is 14.5. The fourth-order valence-electron chi connectivity index (χ4n) is 1.57. The van der Waals surface area contributed by atoms with Gasteiger partial charge < -0.3 is 15.4 Å². The lowest BCUT2D eigenvalue weighted by Crippen LogP contribution is -2.04. The summed E-state index contributed by atoms with van der Waals surface area (Å²) in [5, 5.41) is 6.36. The summed E-state index contributed by atoms with van der Waals surface area (Å²) in [6.45, 7) is 2.64. The Hall–Kier alpha value is -2.08. The number of anilines is 3. The fraction of sp³-hybridized carbons (Fsp3) is 0.231. The van der Waals surface area contributed by atoms with Crippen LogP contribution in [0.25, 0.3) is 0 Å². The largest absolute Gasteiger partial charge is 0.494 e. The molecule has 20 heavy (non-hydrogen) atoms. The second-order valence-electron chi connectivity index (χ2n) is 3.89. The van der Waals surface area contributed by atoms with Crippen molar-refractivity contribution in [2.75, 3.05) is 24.3 Å². The Bertz CT molecular complexity index is 609. The van der Waals surface area contributed by atoms with E-state index in [1.165, 1.54) is 25.4 Å². The zero-order valence-corrected chi connectivity index (χ0v) is 11.8. The van der Waals surface area contributed by atoms with Crippen LogP contribution >= 0.6 is 11.6 Å². The Morgan fingerprint density at radius 2 is 2.20 bits per heavy atom. The molecule has 2 N–H and O–H groups in total. The number of rotatable bonds is 5. The van der Waals surface area contributed by atoms with Gasteiger partial charge in [-0.1, -0.05) is 11.6 Å². The van der Waals surface area contributed by atoms with E-state index in [1.54, 1.807) is 6.07 Å². The van der Waals surface area contributed by atoms with Crippen LogP contribution in [0.3, 0.4) is 0 Å². The molecule has 0 spiro atoms. The molecule has 1 heterocycles. The van der Waals surface area contributed by atoms with Crippen LogP contribution in [0.15, 0.2) is 24.4 Å². The fourth-order valence-corrected chi connectivity index (χ4v) is 1.71. The topological polar surface area (TPSA) is 59.1 Å². The van der Waals surface area contributed by atoms with Gasteiger partial charge in [0.1, 0.15) is 5.02 Å². The number of aromatic nitrogens is 2. The second kappa shape index (κ2) is 6.38. The minimum Gasteiger partial charge on any atom is -0.494 e. The quantitative estimate of drug-likeness (QED) is 0.885.